The molecule has 28 heavy (non-hydrogen) atoms. The Morgan fingerprint density at radius 3 is 2.75 bits per heavy atom. The van der Waals surface area contributed by atoms with Crippen molar-refractivity contribution in [1.29, 1.82) is 0 Å². The Hall–Kier alpha value is -2.19. The zero-order valence-electron chi connectivity index (χ0n) is 16.9. The highest BCUT2D eigenvalue weighted by atomic mass is 16.5. The predicted octanol–water partition coefficient (Wildman–Crippen LogP) is 2.21. The van der Waals surface area contributed by atoms with Crippen LogP contribution in [-0.4, -0.2) is 50.8 Å². The molecule has 0 unspecified atom stereocenters. The summed E-state index contributed by atoms with van der Waals surface area (Å²) in [5, 5.41) is 11.4. The first-order chi connectivity index (χ1) is 13.3. The third-order valence-corrected chi connectivity index (χ3v) is 5.55. The number of carbonyl (C=O) groups excluding carboxylic acids is 1. The number of furan rings is 1. The monoisotopic (exact) mass is 387 g/mol. The van der Waals surface area contributed by atoms with Gasteiger partial charge in [-0.25, -0.2) is 0 Å². The molecule has 2 aromatic rings. The molecule has 8 heteroatoms. The molecule has 0 bridgehead atoms. The lowest BCUT2D eigenvalue weighted by molar-refractivity contribution is -0.00573. The molecule has 1 amide bonds. The number of hydrogen-bond donors (Lipinski definition) is 1. The van der Waals surface area contributed by atoms with Gasteiger partial charge in [0.2, 0.25) is 5.82 Å². The maximum atomic E-state index is 12.7. The van der Waals surface area contributed by atoms with Crippen LogP contribution in [0.4, 0.5) is 0 Å². The van der Waals surface area contributed by atoms with Gasteiger partial charge in [-0.05, 0) is 52.8 Å². The number of hydrogen-bond acceptors (Lipinski definition) is 6. The molecular formula is C20H29N5O3. The van der Waals surface area contributed by atoms with Gasteiger partial charge in [-0.3, -0.25) is 9.69 Å². The van der Waals surface area contributed by atoms with E-state index in [4.69, 9.17) is 9.15 Å². The molecular weight excluding hydrogens is 358 g/mol. The number of ether oxygens (including phenoxy) is 1. The zero-order chi connectivity index (χ0) is 19.8. The number of likely N-dealkylation sites (tertiary alicyclic amines) is 1. The van der Waals surface area contributed by atoms with Crippen LogP contribution in [0.2, 0.25) is 0 Å². The van der Waals surface area contributed by atoms with E-state index in [-0.39, 0.29) is 16.9 Å². The van der Waals surface area contributed by atoms with Gasteiger partial charge in [-0.2, -0.15) is 0 Å². The van der Waals surface area contributed by atoms with Crippen LogP contribution in [0.3, 0.4) is 0 Å². The van der Waals surface area contributed by atoms with Crippen molar-refractivity contribution in [2.24, 2.45) is 5.41 Å². The number of nitrogens with zero attached hydrogens (tertiary/aromatic N) is 4. The Kier molecular flexibility index (Phi) is 5.01. The molecule has 2 aliphatic rings. The minimum atomic E-state index is -0.319. The average Bonchev–Trinajstić information content (AvgIpc) is 3.23. The summed E-state index contributed by atoms with van der Waals surface area (Å²) in [6, 6.07) is 2.02. The molecule has 2 aromatic heterocycles. The van der Waals surface area contributed by atoms with E-state index in [0.29, 0.717) is 19.0 Å². The standard InChI is InChI=1S/C20H29N5O3/c1-19(2,3)21-18(26)17-23-22-16-12-28-14-20(13-25(16)17)5-7-24(8-6-20)10-15-4-9-27-11-15/h4,9,11H,5-8,10,12-14H2,1-3H3,(H,21,26). The molecule has 1 fully saturated rings. The van der Waals surface area contributed by atoms with E-state index in [1.807, 2.05) is 37.7 Å². The van der Waals surface area contributed by atoms with E-state index in [2.05, 4.69) is 20.4 Å². The molecule has 0 atom stereocenters. The van der Waals surface area contributed by atoms with Crippen LogP contribution in [-0.2, 0) is 24.4 Å². The lowest BCUT2D eigenvalue weighted by Crippen LogP contribution is -2.45. The summed E-state index contributed by atoms with van der Waals surface area (Å²) in [5.74, 6) is 0.938. The van der Waals surface area contributed by atoms with Crippen LogP contribution >= 0.6 is 0 Å². The van der Waals surface area contributed by atoms with Crippen molar-refractivity contribution in [2.75, 3.05) is 19.7 Å². The lowest BCUT2D eigenvalue weighted by Gasteiger charge is -2.41. The van der Waals surface area contributed by atoms with Crippen LogP contribution in [0.25, 0.3) is 0 Å². The van der Waals surface area contributed by atoms with Gasteiger partial charge in [0.25, 0.3) is 5.91 Å². The summed E-state index contributed by atoms with van der Waals surface area (Å²) < 4.78 is 13.1. The van der Waals surface area contributed by atoms with Crippen molar-refractivity contribution in [2.45, 2.75) is 58.8 Å². The number of nitrogens with one attached hydrogen (secondary N) is 1. The molecule has 0 radical (unpaired) electrons. The maximum absolute atomic E-state index is 12.7. The molecule has 0 aromatic carbocycles. The summed E-state index contributed by atoms with van der Waals surface area (Å²) >= 11 is 0. The van der Waals surface area contributed by atoms with E-state index in [1.165, 1.54) is 5.56 Å². The smallest absolute Gasteiger partial charge is 0.289 e. The number of rotatable bonds is 3. The molecule has 2 aliphatic heterocycles. The quantitative estimate of drug-likeness (QED) is 0.869. The van der Waals surface area contributed by atoms with E-state index in [1.54, 1.807) is 6.26 Å². The minimum Gasteiger partial charge on any atom is -0.472 e. The Bertz CT molecular complexity index is 814. The van der Waals surface area contributed by atoms with E-state index in [9.17, 15) is 4.79 Å². The van der Waals surface area contributed by atoms with Gasteiger partial charge in [-0.1, -0.05) is 0 Å². The first kappa shape index (κ1) is 19.1. The van der Waals surface area contributed by atoms with Gasteiger partial charge in [0, 0.05) is 29.6 Å². The molecule has 1 spiro atoms. The van der Waals surface area contributed by atoms with Crippen molar-refractivity contribution < 1.29 is 13.9 Å². The molecule has 8 nitrogen and oxygen atoms in total. The summed E-state index contributed by atoms with van der Waals surface area (Å²) in [5.41, 5.74) is 0.897. The molecule has 4 heterocycles. The third kappa shape index (κ3) is 4.12. The number of carbonyl (C=O) groups is 1. The first-order valence-corrected chi connectivity index (χ1v) is 9.89. The second kappa shape index (κ2) is 7.33. The Labute approximate surface area is 165 Å². The summed E-state index contributed by atoms with van der Waals surface area (Å²) in [6.45, 7) is 10.6. The van der Waals surface area contributed by atoms with Crippen molar-refractivity contribution >= 4 is 5.91 Å². The number of fused-ring (bicyclic) bond motifs is 1. The third-order valence-electron chi connectivity index (χ3n) is 5.55. The van der Waals surface area contributed by atoms with Crippen LogP contribution in [0.15, 0.2) is 23.0 Å². The largest absolute Gasteiger partial charge is 0.472 e. The second-order valence-electron chi connectivity index (χ2n) is 9.13. The van der Waals surface area contributed by atoms with Gasteiger partial charge < -0.3 is 19.0 Å². The first-order valence-electron chi connectivity index (χ1n) is 9.89. The molecule has 152 valence electrons. The maximum Gasteiger partial charge on any atom is 0.289 e. The molecule has 1 N–H and O–H groups in total. The van der Waals surface area contributed by atoms with Crippen molar-refractivity contribution in [1.82, 2.24) is 25.0 Å². The van der Waals surface area contributed by atoms with Gasteiger partial charge in [0.15, 0.2) is 5.82 Å². The number of piperidine rings is 1. The number of aromatic nitrogens is 3. The van der Waals surface area contributed by atoms with Gasteiger partial charge in [-0.15, -0.1) is 10.2 Å². The summed E-state index contributed by atoms with van der Waals surface area (Å²) in [4.78, 5) is 15.2. The Morgan fingerprint density at radius 1 is 1.29 bits per heavy atom. The van der Waals surface area contributed by atoms with Gasteiger partial charge >= 0.3 is 0 Å². The average molecular weight is 387 g/mol. The molecule has 4 rings (SSSR count). The Balaban J connectivity index is 1.47. The zero-order valence-corrected chi connectivity index (χ0v) is 16.9. The topological polar surface area (TPSA) is 85.4 Å². The van der Waals surface area contributed by atoms with Crippen molar-refractivity contribution in [3.63, 3.8) is 0 Å². The minimum absolute atomic E-state index is 0.0112. The second-order valence-corrected chi connectivity index (χ2v) is 9.13. The fraction of sp³-hybridized carbons (Fsp3) is 0.650. The fourth-order valence-electron chi connectivity index (χ4n) is 4.04. The number of amides is 1. The van der Waals surface area contributed by atoms with Gasteiger partial charge in [0.1, 0.15) is 6.61 Å². The van der Waals surface area contributed by atoms with Crippen LogP contribution in [0.1, 0.15) is 55.6 Å². The highest BCUT2D eigenvalue weighted by molar-refractivity contribution is 5.91. The van der Waals surface area contributed by atoms with Crippen LogP contribution in [0, 0.1) is 5.41 Å². The lowest BCUT2D eigenvalue weighted by atomic mass is 9.78. The molecule has 0 aliphatic carbocycles. The fourth-order valence-corrected chi connectivity index (χ4v) is 4.04. The van der Waals surface area contributed by atoms with Gasteiger partial charge in [0.05, 0.1) is 19.1 Å². The highest BCUT2D eigenvalue weighted by Gasteiger charge is 2.39. The van der Waals surface area contributed by atoms with E-state index >= 15 is 0 Å². The van der Waals surface area contributed by atoms with Crippen molar-refractivity contribution in [3.05, 3.63) is 35.8 Å². The van der Waals surface area contributed by atoms with E-state index in [0.717, 1.165) is 44.8 Å². The predicted molar refractivity (Wildman–Crippen MR) is 103 cm³/mol. The normalized spacial score (nSPS) is 20.0. The highest BCUT2D eigenvalue weighted by Crippen LogP contribution is 2.36. The Morgan fingerprint density at radius 2 is 2.07 bits per heavy atom. The van der Waals surface area contributed by atoms with Crippen LogP contribution in [0.5, 0.6) is 0 Å². The van der Waals surface area contributed by atoms with Crippen LogP contribution < -0.4 is 5.32 Å². The van der Waals surface area contributed by atoms with E-state index < -0.39 is 0 Å². The molecule has 0 saturated carbocycles. The molecule has 1 saturated heterocycles. The summed E-state index contributed by atoms with van der Waals surface area (Å²) in [6.07, 6.45) is 5.56. The van der Waals surface area contributed by atoms with Crippen molar-refractivity contribution in [3.8, 4) is 0 Å². The SMILES string of the molecule is CC(C)(C)NC(=O)c1nnc2n1CC1(CCN(Cc3ccoc3)CC1)COC2. The summed E-state index contributed by atoms with van der Waals surface area (Å²) in [7, 11) is 0.